The zero-order valence-corrected chi connectivity index (χ0v) is 63.0. The lowest BCUT2D eigenvalue weighted by molar-refractivity contribution is -0.385. The van der Waals surface area contributed by atoms with Crippen molar-refractivity contribution in [3.05, 3.63) is 0 Å². The predicted molar refractivity (Wildman–Crippen MR) is 359 cm³/mol. The van der Waals surface area contributed by atoms with Crippen molar-refractivity contribution in [3.63, 3.8) is 0 Å². The molecule has 676 valence electrons. The molecule has 30 N–H and O–H groups in total. The quantitative estimate of drug-likeness (QED) is 0.0306. The molecule has 0 aromatic heterocycles. The number of aliphatic hydroxyl groups excluding tert-OH is 25. The van der Waals surface area contributed by atoms with Crippen LogP contribution >= 0.6 is 0 Å². The van der Waals surface area contributed by atoms with Gasteiger partial charge in [0.15, 0.2) is 50.3 Å². The number of ether oxygens (including phenoxy) is 17. The average molecular weight is 1710 g/mol. The number of hydrogen-bond acceptors (Lipinski definition) is 47. The minimum absolute atomic E-state index is 0.811. The normalized spacial score (nSPS) is 47.9. The Balaban J connectivity index is 0.921. The summed E-state index contributed by atoms with van der Waals surface area (Å²) < 4.78 is 98.9. The van der Waals surface area contributed by atoms with Gasteiger partial charge in [0.05, 0.1) is 71.1 Å². The van der Waals surface area contributed by atoms with E-state index in [1.807, 2.05) is 0 Å². The lowest BCUT2D eigenvalue weighted by atomic mass is 9.88. The molecule has 0 bridgehead atoms. The molecule has 4 amide bonds. The summed E-state index contributed by atoms with van der Waals surface area (Å²) in [4.78, 5) is 63.5. The standard InChI is InChI=1S/C65H108N4O48/c1-15-33(81)42(90)45(93)59(104-15)103-14-28-52(39(87)30(56(98)105-28)67-17(3)76)112-58-32(69-19(5)78)41(89)51(25(11-74)109-58)113-62-48(96)54(115-61-47(95)43(91)35(83)22(8-71)106-61)38(86)27(111-62)13-102-60-46(94)44(92)36(84)26(110-60)12-101-57-31(68-18(4)77)40(88)50(24(10-73)108-57)114-63-49(97)55(37(85)23(9-72)107-63)117-65(64(99)100)6-20(79)29(66-16(2)75)53(116-65)34(82)21(80)7-70/h15,20-63,70-74,79-98H,6-14H2,1-5H3,(H,66,75)(H,67,76)(H,68,77)(H,69,78)(H,99,100)/t15-,20+,21-,22-,23-,24-,25-,26-,27-,28-,29-,30-,31-,32-,33+,34-,35-,36-,37+,38-,39-,40-,41-,42+,43+,44+,45-,46+,47+,48+,49-,50-,51-,52-,53-,54+,55+,56-,57-,58+,59+,60+,61-,62+,63+,65+/m1/s1. The van der Waals surface area contributed by atoms with Crippen molar-refractivity contribution in [2.45, 2.75) is 323 Å². The number of nitrogens with one attached hydrogen (secondary N) is 4. The second kappa shape index (κ2) is 41.4. The second-order valence-corrected chi connectivity index (χ2v) is 29.7. The summed E-state index contributed by atoms with van der Waals surface area (Å²) in [5.74, 6) is -8.91. The number of aliphatic hydroxyl groups is 25. The molecule has 0 saturated carbocycles. The van der Waals surface area contributed by atoms with E-state index in [9.17, 15) is 157 Å². The zero-order valence-electron chi connectivity index (χ0n) is 63.0. The van der Waals surface area contributed by atoms with Crippen molar-refractivity contribution < 1.29 is 237 Å². The van der Waals surface area contributed by atoms with E-state index in [2.05, 4.69) is 21.3 Å². The molecule has 52 heteroatoms. The Morgan fingerprint density at radius 1 is 0.368 bits per heavy atom. The van der Waals surface area contributed by atoms with Gasteiger partial charge in [0, 0.05) is 34.1 Å². The van der Waals surface area contributed by atoms with Gasteiger partial charge < -0.3 is 235 Å². The highest BCUT2D eigenvalue weighted by molar-refractivity contribution is 5.77. The molecule has 0 unspecified atom stereocenters. The minimum Gasteiger partial charge on any atom is -0.477 e. The van der Waals surface area contributed by atoms with E-state index < -0.39 is 371 Å². The van der Waals surface area contributed by atoms with E-state index in [-0.39, 0.29) is 0 Å². The van der Waals surface area contributed by atoms with Crippen LogP contribution in [0.4, 0.5) is 0 Å². The van der Waals surface area contributed by atoms with Crippen LogP contribution in [0, 0.1) is 0 Å². The molecule has 0 aromatic rings. The molecule has 52 nitrogen and oxygen atoms in total. The molecule has 0 radical (unpaired) electrons. The Bertz CT molecular complexity index is 3190. The Kier molecular flexibility index (Phi) is 34.2. The molecule has 46 atom stereocenters. The third kappa shape index (κ3) is 21.5. The van der Waals surface area contributed by atoms with Gasteiger partial charge in [-0.1, -0.05) is 0 Å². The number of hydrogen-bond donors (Lipinski definition) is 30. The van der Waals surface area contributed by atoms with Crippen LogP contribution in [0.25, 0.3) is 0 Å². The van der Waals surface area contributed by atoms with Gasteiger partial charge in [0.1, 0.15) is 207 Å². The highest BCUT2D eigenvalue weighted by Crippen LogP contribution is 2.41. The fraction of sp³-hybridized carbons (Fsp3) is 0.923. The molecule has 9 aliphatic heterocycles. The summed E-state index contributed by atoms with van der Waals surface area (Å²) in [5.41, 5.74) is 0. The highest BCUT2D eigenvalue weighted by atomic mass is 16.8. The highest BCUT2D eigenvalue weighted by Gasteiger charge is 2.63. The van der Waals surface area contributed by atoms with E-state index in [0.29, 0.717) is 0 Å². The van der Waals surface area contributed by atoms with Crippen LogP contribution in [0.1, 0.15) is 41.0 Å². The number of carboxylic acid groups (broad SMARTS) is 1. The maximum Gasteiger partial charge on any atom is 0.364 e. The Labute approximate surface area is 662 Å². The van der Waals surface area contributed by atoms with Gasteiger partial charge in [-0.2, -0.15) is 0 Å². The first-order valence-electron chi connectivity index (χ1n) is 37.1. The molecule has 117 heavy (non-hydrogen) atoms. The fourth-order valence-electron chi connectivity index (χ4n) is 14.9. The summed E-state index contributed by atoms with van der Waals surface area (Å²) in [6, 6.07) is -7.21. The third-order valence-electron chi connectivity index (χ3n) is 21.2. The molecule has 0 aliphatic carbocycles. The van der Waals surface area contributed by atoms with Crippen molar-refractivity contribution in [2.24, 2.45) is 0 Å². The first-order valence-corrected chi connectivity index (χ1v) is 37.1. The van der Waals surface area contributed by atoms with E-state index in [0.717, 1.165) is 27.7 Å². The van der Waals surface area contributed by atoms with Gasteiger partial charge >= 0.3 is 5.97 Å². The first-order chi connectivity index (χ1) is 55.1. The average Bonchev–Trinajstić information content (AvgIpc) is 0.755. The van der Waals surface area contributed by atoms with E-state index in [1.165, 1.54) is 6.92 Å². The zero-order chi connectivity index (χ0) is 86.6. The summed E-state index contributed by atoms with van der Waals surface area (Å²) in [5, 5.41) is 296. The molecule has 9 rings (SSSR count). The minimum atomic E-state index is -3.25. The van der Waals surface area contributed by atoms with Gasteiger partial charge in [-0.25, -0.2) is 4.79 Å². The van der Waals surface area contributed by atoms with Crippen LogP contribution in [0.2, 0.25) is 0 Å². The van der Waals surface area contributed by atoms with Gasteiger partial charge in [-0.15, -0.1) is 0 Å². The first kappa shape index (κ1) is 96.5. The topological polar surface area (TPSA) is 816 Å². The Morgan fingerprint density at radius 3 is 1.24 bits per heavy atom. The van der Waals surface area contributed by atoms with Crippen LogP contribution < -0.4 is 21.3 Å². The van der Waals surface area contributed by atoms with Crippen LogP contribution in [0.15, 0.2) is 0 Å². The second-order valence-electron chi connectivity index (χ2n) is 29.7. The van der Waals surface area contributed by atoms with Crippen LogP contribution in [0.3, 0.4) is 0 Å². The van der Waals surface area contributed by atoms with Crippen LogP contribution in [0.5, 0.6) is 0 Å². The molecule has 9 saturated heterocycles. The van der Waals surface area contributed by atoms with Crippen molar-refractivity contribution >= 4 is 29.6 Å². The lowest BCUT2D eigenvalue weighted by Gasteiger charge is -2.51. The molecule has 0 spiro atoms. The Hall–Kier alpha value is -4.33. The fourth-order valence-corrected chi connectivity index (χ4v) is 14.9. The van der Waals surface area contributed by atoms with Crippen LogP contribution in [-0.4, -0.2) is 497 Å². The van der Waals surface area contributed by atoms with Gasteiger partial charge in [-0.3, -0.25) is 19.2 Å². The smallest absolute Gasteiger partial charge is 0.364 e. The predicted octanol–water partition coefficient (Wildman–Crippen LogP) is -19.8. The van der Waals surface area contributed by atoms with Crippen LogP contribution in [-0.2, 0) is 104 Å². The summed E-state index contributed by atoms with van der Waals surface area (Å²) >= 11 is 0. The van der Waals surface area contributed by atoms with Gasteiger partial charge in [-0.05, 0) is 6.92 Å². The van der Waals surface area contributed by atoms with Crippen molar-refractivity contribution in [1.29, 1.82) is 0 Å². The Morgan fingerprint density at radius 2 is 0.726 bits per heavy atom. The van der Waals surface area contributed by atoms with E-state index in [1.54, 1.807) is 0 Å². The maximum atomic E-state index is 13.1. The van der Waals surface area contributed by atoms with Gasteiger partial charge in [0.25, 0.3) is 5.79 Å². The number of amides is 4. The van der Waals surface area contributed by atoms with Crippen molar-refractivity contribution in [1.82, 2.24) is 21.3 Å². The number of carbonyl (C=O) groups excluding carboxylic acids is 4. The van der Waals surface area contributed by atoms with Crippen molar-refractivity contribution in [3.8, 4) is 0 Å². The van der Waals surface area contributed by atoms with E-state index in [4.69, 9.17) is 80.5 Å². The molecular weight excluding hydrogens is 1600 g/mol. The number of carbonyl (C=O) groups is 5. The SMILES string of the molecule is CC(=O)N[C@@H]1[C@@H](O)[C@H](O[C@@H]2O[C@H](CO)[C@@H](O[C@@H]3O[C@H](CO[C@H]4O[C@H](CO[C@@H]5O[C@H](CO)[C@@H](O[C@@H]6O[C@H](CO)[C@H](O)[C@H](O[C@]7(C(=O)O)C[C@H](O)[C@@H](NC(C)=O)[C@H]([C@H](O)[C@H](O)CO)O7)[C@H]6O)[C@H](O)[C@H]5NC(C)=O)[C@@H](O)[C@H](O)[C@@H]4O)[C@@H](O)[C@H](O[C@H]4O[C@H](CO)[C@@H](O)[C@H](O)[C@@H]4O)[C@@H]3O)[C@H](O)[C@H]2NC(C)=O)[C@@H](CO[C@H]2O[C@H](C)[C@H](O)[C@H](O)[C@H]2O)O[C@H]1O. The van der Waals surface area contributed by atoms with E-state index >= 15 is 0 Å². The molecule has 0 aromatic carbocycles. The number of carboxylic acids is 1. The summed E-state index contributed by atoms with van der Waals surface area (Å²) in [7, 11) is 0. The molecule has 9 fully saturated rings. The summed E-state index contributed by atoms with van der Waals surface area (Å²) in [6.07, 6.45) is -85.6. The monoisotopic (exact) mass is 1710 g/mol. The molecular formula is C65H108N4O48. The summed E-state index contributed by atoms with van der Waals surface area (Å²) in [6.45, 7) is -3.48. The van der Waals surface area contributed by atoms with Gasteiger partial charge in [0.2, 0.25) is 23.6 Å². The maximum absolute atomic E-state index is 13.1. The lowest BCUT2D eigenvalue weighted by Crippen LogP contribution is -2.71. The molecule has 9 aliphatic rings. The third-order valence-corrected chi connectivity index (χ3v) is 21.2. The molecule has 9 heterocycles. The number of rotatable bonds is 31. The largest absolute Gasteiger partial charge is 0.477 e. The number of aliphatic carboxylic acids is 1. The van der Waals surface area contributed by atoms with Crippen molar-refractivity contribution in [2.75, 3.05) is 52.9 Å².